The Kier molecular flexibility index (Phi) is 11.1. The van der Waals surface area contributed by atoms with Gasteiger partial charge in [-0.15, -0.1) is 6.58 Å². The van der Waals surface area contributed by atoms with Crippen LogP contribution in [0, 0.1) is 6.92 Å². The van der Waals surface area contributed by atoms with E-state index in [4.69, 9.17) is 4.99 Å². The molecule has 1 unspecified atom stereocenters. The number of allylic oxidation sites excluding steroid dienone is 4. The number of hydrogen-bond acceptors (Lipinski definition) is 4. The van der Waals surface area contributed by atoms with E-state index in [1.807, 2.05) is 42.7 Å². The molecular weight excluding hydrogens is 418 g/mol. The molecule has 1 heterocycles. The second kappa shape index (κ2) is 14.1. The molecular formula is C29H41N5. The van der Waals surface area contributed by atoms with E-state index in [1.165, 1.54) is 16.7 Å². The van der Waals surface area contributed by atoms with Crippen LogP contribution in [-0.4, -0.2) is 35.9 Å². The van der Waals surface area contributed by atoms with E-state index in [0.29, 0.717) is 0 Å². The molecule has 0 aliphatic carbocycles. The van der Waals surface area contributed by atoms with Crippen molar-refractivity contribution < 1.29 is 0 Å². The van der Waals surface area contributed by atoms with Crippen molar-refractivity contribution in [3.63, 3.8) is 0 Å². The third kappa shape index (κ3) is 7.92. The predicted octanol–water partition coefficient (Wildman–Crippen LogP) is 6.15. The highest BCUT2D eigenvalue weighted by Gasteiger charge is 2.20. The van der Waals surface area contributed by atoms with Gasteiger partial charge in [-0.3, -0.25) is 5.01 Å². The summed E-state index contributed by atoms with van der Waals surface area (Å²) in [5.41, 5.74) is 8.33. The summed E-state index contributed by atoms with van der Waals surface area (Å²) in [6, 6.07) is 8.66. The van der Waals surface area contributed by atoms with E-state index in [-0.39, 0.29) is 6.04 Å². The number of rotatable bonds is 12. The monoisotopic (exact) mass is 459 g/mol. The smallest absolute Gasteiger partial charge is 0.150 e. The maximum absolute atomic E-state index is 5.16. The highest BCUT2D eigenvalue weighted by Crippen LogP contribution is 2.22. The second-order valence-electron chi connectivity index (χ2n) is 8.55. The number of nitrogens with zero attached hydrogens (tertiary/aromatic N) is 3. The van der Waals surface area contributed by atoms with Crippen molar-refractivity contribution >= 4 is 5.84 Å². The molecule has 0 spiro atoms. The van der Waals surface area contributed by atoms with Crippen LogP contribution in [0.1, 0.15) is 50.8 Å². The zero-order chi connectivity index (χ0) is 24.9. The maximum atomic E-state index is 5.16. The van der Waals surface area contributed by atoms with Crippen LogP contribution in [0.3, 0.4) is 0 Å². The topological polar surface area (TPSA) is 42.9 Å². The van der Waals surface area contributed by atoms with E-state index in [0.717, 1.165) is 43.2 Å². The van der Waals surface area contributed by atoms with Gasteiger partial charge < -0.3 is 10.2 Å². The number of hydrogen-bond donors (Lipinski definition) is 2. The van der Waals surface area contributed by atoms with Crippen molar-refractivity contribution in [3.8, 4) is 0 Å². The summed E-state index contributed by atoms with van der Waals surface area (Å²) in [5.74, 6) is 1.70. The second-order valence-corrected chi connectivity index (χ2v) is 8.55. The number of amidine groups is 1. The molecule has 0 fully saturated rings. The Morgan fingerprint density at radius 1 is 1.26 bits per heavy atom. The molecule has 0 radical (unpaired) electrons. The third-order valence-corrected chi connectivity index (χ3v) is 5.48. The van der Waals surface area contributed by atoms with Crippen molar-refractivity contribution in [2.24, 2.45) is 4.99 Å². The molecule has 1 aromatic rings. The minimum absolute atomic E-state index is 0.0922. The summed E-state index contributed by atoms with van der Waals surface area (Å²) in [6.07, 6.45) is 16.0. The minimum Gasteiger partial charge on any atom is -0.394 e. The first-order valence-corrected chi connectivity index (χ1v) is 12.0. The molecule has 2 rings (SSSR count). The van der Waals surface area contributed by atoms with E-state index in [1.54, 1.807) is 0 Å². The lowest BCUT2D eigenvalue weighted by Gasteiger charge is -2.27. The molecule has 1 aromatic carbocycles. The lowest BCUT2D eigenvalue weighted by Crippen LogP contribution is -2.36. The minimum atomic E-state index is 0.0922. The van der Waals surface area contributed by atoms with Crippen molar-refractivity contribution in [1.29, 1.82) is 0 Å². The fourth-order valence-corrected chi connectivity index (χ4v) is 3.65. The Hall–Kier alpha value is -3.31. The van der Waals surface area contributed by atoms with Gasteiger partial charge in [0, 0.05) is 26.3 Å². The van der Waals surface area contributed by atoms with Crippen molar-refractivity contribution in [1.82, 2.24) is 20.7 Å². The summed E-state index contributed by atoms with van der Waals surface area (Å²) in [4.78, 5) is 7.47. The molecule has 182 valence electrons. The summed E-state index contributed by atoms with van der Waals surface area (Å²) in [5, 5.41) is 5.08. The van der Waals surface area contributed by atoms with E-state index >= 15 is 0 Å². The van der Waals surface area contributed by atoms with Crippen LogP contribution in [0.5, 0.6) is 0 Å². The van der Waals surface area contributed by atoms with Gasteiger partial charge in [-0.05, 0) is 69.2 Å². The molecule has 0 aromatic heterocycles. The van der Waals surface area contributed by atoms with Gasteiger partial charge in [0.05, 0.1) is 6.04 Å². The highest BCUT2D eigenvalue weighted by molar-refractivity contribution is 5.94. The molecule has 5 nitrogen and oxygen atoms in total. The lowest BCUT2D eigenvalue weighted by atomic mass is 10.1. The normalized spacial score (nSPS) is 16.1. The van der Waals surface area contributed by atoms with Crippen LogP contribution >= 0.6 is 0 Å². The number of aliphatic imine (C=N–C) groups is 1. The summed E-state index contributed by atoms with van der Waals surface area (Å²) in [6.45, 7) is 18.2. The SMILES string of the molecule is C=CCCN(CCC)C(=C\C(C=C)=C(C)C)/N=C(\C=C/NC)N1C=CC(c2cccc(C)c2)N1. The fraction of sp³-hybridized carbons (Fsp3) is 0.345. The van der Waals surface area contributed by atoms with Gasteiger partial charge in [0.2, 0.25) is 0 Å². The van der Waals surface area contributed by atoms with Crippen LogP contribution in [0.15, 0.2) is 102 Å². The average molecular weight is 460 g/mol. The highest BCUT2D eigenvalue weighted by atomic mass is 15.5. The molecule has 0 amide bonds. The number of benzene rings is 1. The van der Waals surface area contributed by atoms with Crippen molar-refractivity contribution in [3.05, 3.63) is 108 Å². The fourth-order valence-electron chi connectivity index (χ4n) is 3.65. The first-order valence-electron chi connectivity index (χ1n) is 12.0. The Bertz CT molecular complexity index is 976. The molecule has 0 saturated heterocycles. The summed E-state index contributed by atoms with van der Waals surface area (Å²) in [7, 11) is 1.89. The van der Waals surface area contributed by atoms with E-state index in [2.05, 4.69) is 92.9 Å². The summed E-state index contributed by atoms with van der Waals surface area (Å²) >= 11 is 0. The molecule has 0 saturated carbocycles. The molecule has 1 atom stereocenters. The van der Waals surface area contributed by atoms with Crippen LogP contribution in [-0.2, 0) is 0 Å². The Morgan fingerprint density at radius 3 is 2.68 bits per heavy atom. The molecule has 0 bridgehead atoms. The zero-order valence-corrected chi connectivity index (χ0v) is 21.5. The van der Waals surface area contributed by atoms with E-state index in [9.17, 15) is 0 Å². The predicted molar refractivity (Wildman–Crippen MR) is 147 cm³/mol. The molecule has 5 heteroatoms. The van der Waals surface area contributed by atoms with Gasteiger partial charge in [0.1, 0.15) is 5.82 Å². The van der Waals surface area contributed by atoms with Crippen molar-refractivity contribution in [2.45, 2.75) is 46.6 Å². The summed E-state index contributed by atoms with van der Waals surface area (Å²) < 4.78 is 0. The van der Waals surface area contributed by atoms with Crippen LogP contribution in [0.25, 0.3) is 0 Å². The van der Waals surface area contributed by atoms with Crippen LogP contribution in [0.2, 0.25) is 0 Å². The van der Waals surface area contributed by atoms with Crippen LogP contribution in [0.4, 0.5) is 0 Å². The average Bonchev–Trinajstić information content (AvgIpc) is 3.31. The quantitative estimate of drug-likeness (QED) is 0.170. The molecule has 34 heavy (non-hydrogen) atoms. The third-order valence-electron chi connectivity index (χ3n) is 5.48. The molecule has 2 N–H and O–H groups in total. The number of aryl methyl sites for hydroxylation is 1. The van der Waals surface area contributed by atoms with Gasteiger partial charge >= 0.3 is 0 Å². The first-order chi connectivity index (χ1) is 16.4. The van der Waals surface area contributed by atoms with Gasteiger partial charge in [-0.2, -0.15) is 0 Å². The Balaban J connectivity index is 2.49. The van der Waals surface area contributed by atoms with Crippen LogP contribution < -0.4 is 10.7 Å². The first kappa shape index (κ1) is 26.9. The zero-order valence-electron chi connectivity index (χ0n) is 21.5. The van der Waals surface area contributed by atoms with Gasteiger partial charge in [0.15, 0.2) is 5.84 Å². The van der Waals surface area contributed by atoms with Crippen molar-refractivity contribution in [2.75, 3.05) is 20.1 Å². The van der Waals surface area contributed by atoms with Gasteiger partial charge in [-0.25, -0.2) is 10.4 Å². The molecule has 1 aliphatic heterocycles. The van der Waals surface area contributed by atoms with Gasteiger partial charge in [-0.1, -0.05) is 61.1 Å². The largest absolute Gasteiger partial charge is 0.394 e. The van der Waals surface area contributed by atoms with E-state index < -0.39 is 0 Å². The molecule has 1 aliphatic rings. The standard InChI is InChI=1S/C29H41N5/c1-8-11-19-33(18-9-2)29(22-25(10-3)23(4)5)31-28(15-17-30-7)34-20-16-27(32-34)26-14-12-13-24(6)21-26/h8,10,12-17,20-22,27,30,32H,1,3,9,11,18-19H2,2,4-7H3/b17-15-,29-22-,31-28+. The van der Waals surface area contributed by atoms with Gasteiger partial charge in [0.25, 0.3) is 0 Å². The Labute approximate surface area is 206 Å². The lowest BCUT2D eigenvalue weighted by molar-refractivity contribution is 0.344. The Morgan fingerprint density at radius 2 is 2.06 bits per heavy atom. The number of hydrazine groups is 1. The maximum Gasteiger partial charge on any atom is 0.150 e. The number of nitrogens with one attached hydrogen (secondary N) is 2.